The van der Waals surface area contributed by atoms with E-state index in [0.29, 0.717) is 36.1 Å². The van der Waals surface area contributed by atoms with E-state index in [9.17, 15) is 10.1 Å². The average Bonchev–Trinajstić information content (AvgIpc) is 2.42. The fourth-order valence-corrected chi connectivity index (χ4v) is 2.88. The summed E-state index contributed by atoms with van der Waals surface area (Å²) in [6.07, 6.45) is 3.27. The zero-order chi connectivity index (χ0) is 14.7. The Morgan fingerprint density at radius 2 is 2.30 bits per heavy atom. The van der Waals surface area contributed by atoms with Crippen molar-refractivity contribution in [3.8, 4) is 0 Å². The van der Waals surface area contributed by atoms with Gasteiger partial charge in [-0.15, -0.1) is 0 Å². The molecule has 0 amide bonds. The molecule has 1 fully saturated rings. The van der Waals surface area contributed by atoms with Crippen molar-refractivity contribution in [3.05, 3.63) is 33.1 Å². The van der Waals surface area contributed by atoms with Crippen LogP contribution in [0.25, 0.3) is 0 Å². The summed E-state index contributed by atoms with van der Waals surface area (Å²) in [4.78, 5) is 15.2. The van der Waals surface area contributed by atoms with E-state index in [0.717, 1.165) is 18.7 Å². The topological polar surface area (TPSA) is 77.3 Å². The summed E-state index contributed by atoms with van der Waals surface area (Å²) in [7, 11) is 1.95. The third-order valence-electron chi connectivity index (χ3n) is 4.06. The molecule has 2 heterocycles. The number of rotatable bonds is 4. The SMILES string of the molecule is CNC1CCOCC1Cc1ncc(C)c([N+](=O)[O-])c1C. The highest BCUT2D eigenvalue weighted by Gasteiger charge is 2.27. The van der Waals surface area contributed by atoms with Crippen LogP contribution in [0.2, 0.25) is 0 Å². The molecule has 2 unspecified atom stereocenters. The van der Waals surface area contributed by atoms with Crippen LogP contribution in [-0.2, 0) is 11.2 Å². The number of nitrogens with one attached hydrogen (secondary N) is 1. The van der Waals surface area contributed by atoms with Crippen LogP contribution in [0.3, 0.4) is 0 Å². The molecule has 1 saturated heterocycles. The Bertz CT molecular complexity index is 505. The minimum atomic E-state index is -0.317. The molecular formula is C14H21N3O3. The minimum Gasteiger partial charge on any atom is -0.381 e. The van der Waals surface area contributed by atoms with Crippen LogP contribution in [0.4, 0.5) is 5.69 Å². The summed E-state index contributed by atoms with van der Waals surface area (Å²) in [6, 6.07) is 0.380. The van der Waals surface area contributed by atoms with E-state index in [2.05, 4.69) is 10.3 Å². The summed E-state index contributed by atoms with van der Waals surface area (Å²) >= 11 is 0. The molecule has 1 aliphatic rings. The first kappa shape index (κ1) is 14.9. The molecule has 0 aliphatic carbocycles. The molecule has 2 rings (SSSR count). The van der Waals surface area contributed by atoms with E-state index in [1.54, 1.807) is 20.0 Å². The van der Waals surface area contributed by atoms with Gasteiger partial charge >= 0.3 is 0 Å². The van der Waals surface area contributed by atoms with Crippen molar-refractivity contribution in [2.45, 2.75) is 32.7 Å². The van der Waals surface area contributed by atoms with Crippen LogP contribution < -0.4 is 5.32 Å². The number of nitro groups is 1. The molecule has 0 saturated carbocycles. The average molecular weight is 279 g/mol. The van der Waals surface area contributed by atoms with Crippen LogP contribution in [0.5, 0.6) is 0 Å². The summed E-state index contributed by atoms with van der Waals surface area (Å²) in [6.45, 7) is 4.95. The van der Waals surface area contributed by atoms with Crippen molar-refractivity contribution in [2.75, 3.05) is 20.3 Å². The van der Waals surface area contributed by atoms with Gasteiger partial charge in [0, 0.05) is 35.9 Å². The summed E-state index contributed by atoms with van der Waals surface area (Å²) in [5.74, 6) is 0.308. The van der Waals surface area contributed by atoms with E-state index in [4.69, 9.17) is 4.74 Å². The molecular weight excluding hydrogens is 258 g/mol. The van der Waals surface area contributed by atoms with E-state index in [1.807, 2.05) is 7.05 Å². The number of aryl methyl sites for hydroxylation is 1. The van der Waals surface area contributed by atoms with Gasteiger partial charge in [-0.05, 0) is 33.7 Å². The third kappa shape index (κ3) is 2.96. The molecule has 1 aromatic rings. The normalized spacial score (nSPS) is 22.8. The Morgan fingerprint density at radius 1 is 1.55 bits per heavy atom. The lowest BCUT2D eigenvalue weighted by molar-refractivity contribution is -0.386. The van der Waals surface area contributed by atoms with Crippen molar-refractivity contribution in [1.82, 2.24) is 10.3 Å². The zero-order valence-electron chi connectivity index (χ0n) is 12.2. The zero-order valence-corrected chi connectivity index (χ0v) is 12.2. The van der Waals surface area contributed by atoms with Crippen molar-refractivity contribution in [1.29, 1.82) is 0 Å². The Kier molecular flexibility index (Phi) is 4.67. The molecule has 0 bridgehead atoms. The van der Waals surface area contributed by atoms with Crippen LogP contribution in [0.15, 0.2) is 6.20 Å². The first-order chi connectivity index (χ1) is 9.54. The quantitative estimate of drug-likeness (QED) is 0.671. The fraction of sp³-hybridized carbons (Fsp3) is 0.643. The number of pyridine rings is 1. The van der Waals surface area contributed by atoms with Gasteiger partial charge in [0.15, 0.2) is 0 Å². The first-order valence-corrected chi connectivity index (χ1v) is 6.89. The second kappa shape index (κ2) is 6.28. The van der Waals surface area contributed by atoms with Gasteiger partial charge in [-0.2, -0.15) is 0 Å². The molecule has 110 valence electrons. The van der Waals surface area contributed by atoms with Crippen molar-refractivity contribution in [3.63, 3.8) is 0 Å². The maximum Gasteiger partial charge on any atom is 0.278 e. The molecule has 6 nitrogen and oxygen atoms in total. The highest BCUT2D eigenvalue weighted by Crippen LogP contribution is 2.27. The lowest BCUT2D eigenvalue weighted by Crippen LogP contribution is -2.42. The van der Waals surface area contributed by atoms with Crippen LogP contribution >= 0.6 is 0 Å². The highest BCUT2D eigenvalue weighted by atomic mass is 16.6. The van der Waals surface area contributed by atoms with Gasteiger partial charge in [-0.3, -0.25) is 15.1 Å². The van der Waals surface area contributed by atoms with Crippen LogP contribution in [0, 0.1) is 29.9 Å². The molecule has 0 aromatic carbocycles. The molecule has 1 aliphatic heterocycles. The van der Waals surface area contributed by atoms with Gasteiger partial charge in [0.2, 0.25) is 0 Å². The Labute approximate surface area is 118 Å². The number of nitrogens with zero attached hydrogens (tertiary/aromatic N) is 2. The van der Waals surface area contributed by atoms with Crippen LogP contribution in [0.1, 0.15) is 23.2 Å². The third-order valence-corrected chi connectivity index (χ3v) is 4.06. The molecule has 0 spiro atoms. The van der Waals surface area contributed by atoms with Gasteiger partial charge < -0.3 is 10.1 Å². The predicted molar refractivity (Wildman–Crippen MR) is 75.8 cm³/mol. The highest BCUT2D eigenvalue weighted by molar-refractivity contribution is 5.47. The summed E-state index contributed by atoms with van der Waals surface area (Å²) in [5, 5.41) is 14.4. The van der Waals surface area contributed by atoms with Crippen LogP contribution in [-0.4, -0.2) is 36.2 Å². The Hall–Kier alpha value is -1.53. The Balaban J connectivity index is 2.25. The van der Waals surface area contributed by atoms with Gasteiger partial charge in [0.25, 0.3) is 5.69 Å². The maximum absolute atomic E-state index is 11.1. The molecule has 1 aromatic heterocycles. The maximum atomic E-state index is 11.1. The van der Waals surface area contributed by atoms with E-state index in [-0.39, 0.29) is 10.6 Å². The van der Waals surface area contributed by atoms with Gasteiger partial charge in [0.05, 0.1) is 17.2 Å². The Morgan fingerprint density at radius 3 is 2.95 bits per heavy atom. The lowest BCUT2D eigenvalue weighted by atomic mass is 9.89. The van der Waals surface area contributed by atoms with Crippen molar-refractivity contribution >= 4 is 5.69 Å². The summed E-state index contributed by atoms with van der Waals surface area (Å²) in [5.41, 5.74) is 2.28. The first-order valence-electron chi connectivity index (χ1n) is 6.89. The summed E-state index contributed by atoms with van der Waals surface area (Å²) < 4.78 is 5.53. The monoisotopic (exact) mass is 279 g/mol. The number of hydrogen-bond donors (Lipinski definition) is 1. The van der Waals surface area contributed by atoms with Crippen molar-refractivity contribution in [2.24, 2.45) is 5.92 Å². The number of ether oxygens (including phenoxy) is 1. The molecule has 20 heavy (non-hydrogen) atoms. The molecule has 6 heteroatoms. The largest absolute Gasteiger partial charge is 0.381 e. The predicted octanol–water partition coefficient (Wildman–Crippen LogP) is 1.77. The smallest absolute Gasteiger partial charge is 0.278 e. The molecule has 1 N–H and O–H groups in total. The van der Waals surface area contributed by atoms with Crippen molar-refractivity contribution < 1.29 is 9.66 Å². The van der Waals surface area contributed by atoms with Gasteiger partial charge in [-0.25, -0.2) is 0 Å². The minimum absolute atomic E-state index is 0.188. The molecule has 0 radical (unpaired) electrons. The van der Waals surface area contributed by atoms with E-state index >= 15 is 0 Å². The van der Waals surface area contributed by atoms with E-state index in [1.165, 1.54) is 0 Å². The van der Waals surface area contributed by atoms with E-state index < -0.39 is 0 Å². The lowest BCUT2D eigenvalue weighted by Gasteiger charge is -2.31. The van der Waals surface area contributed by atoms with Gasteiger partial charge in [-0.1, -0.05) is 0 Å². The number of hydrogen-bond acceptors (Lipinski definition) is 5. The molecule has 2 atom stereocenters. The second-order valence-electron chi connectivity index (χ2n) is 5.34. The van der Waals surface area contributed by atoms with Gasteiger partial charge in [0.1, 0.15) is 0 Å². The fourth-order valence-electron chi connectivity index (χ4n) is 2.88. The standard InChI is InChI=1S/C14H21N3O3/c1-9-7-16-13(10(2)14(9)17(18)19)6-11-8-20-5-4-12(11)15-3/h7,11-12,15H,4-6,8H2,1-3H3. The number of aromatic nitrogens is 1. The second-order valence-corrected chi connectivity index (χ2v) is 5.34.